The Hall–Kier alpha value is -3.56. The zero-order valence-electron chi connectivity index (χ0n) is 22.7. The topological polar surface area (TPSA) is 127 Å². The number of nitrogens with zero attached hydrogens (tertiary/aromatic N) is 6. The molecule has 3 aliphatic rings. The molecule has 0 aliphatic heterocycles. The molecule has 0 amide bonds. The summed E-state index contributed by atoms with van der Waals surface area (Å²) in [5.41, 5.74) is 2.40. The lowest BCUT2D eigenvalue weighted by molar-refractivity contribution is 0.264. The number of pyridine rings is 1. The van der Waals surface area contributed by atoms with Gasteiger partial charge in [0.2, 0.25) is 11.6 Å². The fraction of sp³-hybridized carbons (Fsp3) is 0.586. The number of hydrogen-bond donors (Lipinski definition) is 2. The smallest absolute Gasteiger partial charge is 0.365 e. The van der Waals surface area contributed by atoms with Crippen molar-refractivity contribution in [1.82, 2.24) is 34.6 Å². The molecule has 4 heterocycles. The number of fused-ring (bicyclic) bond motifs is 1. The lowest BCUT2D eigenvalue weighted by Crippen LogP contribution is -2.31. The zero-order valence-corrected chi connectivity index (χ0v) is 22.7. The highest BCUT2D eigenvalue weighted by Crippen LogP contribution is 2.53. The third kappa shape index (κ3) is 4.43. The highest BCUT2D eigenvalue weighted by Gasteiger charge is 2.51. The quantitative estimate of drug-likeness (QED) is 0.324. The monoisotopic (exact) mass is 528 g/mol. The van der Waals surface area contributed by atoms with Gasteiger partial charge in [-0.05, 0) is 75.3 Å². The summed E-state index contributed by atoms with van der Waals surface area (Å²) >= 11 is 0. The van der Waals surface area contributed by atoms with Gasteiger partial charge in [0.05, 0.1) is 11.1 Å². The van der Waals surface area contributed by atoms with E-state index in [9.17, 15) is 4.79 Å². The molecular weight excluding hydrogens is 492 g/mol. The van der Waals surface area contributed by atoms with Gasteiger partial charge in [-0.15, -0.1) is 0 Å². The Morgan fingerprint density at radius 2 is 1.95 bits per heavy atom. The van der Waals surface area contributed by atoms with Crippen molar-refractivity contribution in [3.63, 3.8) is 0 Å². The molecule has 7 rings (SSSR count). The van der Waals surface area contributed by atoms with E-state index >= 15 is 0 Å². The zero-order chi connectivity index (χ0) is 26.6. The van der Waals surface area contributed by atoms with Crippen molar-refractivity contribution < 1.29 is 4.52 Å². The van der Waals surface area contributed by atoms with Crippen LogP contribution in [0.2, 0.25) is 0 Å². The van der Waals surface area contributed by atoms with E-state index in [0.29, 0.717) is 23.3 Å². The van der Waals surface area contributed by atoms with Crippen molar-refractivity contribution in [3.05, 3.63) is 46.5 Å². The van der Waals surface area contributed by atoms with E-state index in [-0.39, 0.29) is 17.3 Å². The maximum Gasteiger partial charge on any atom is 0.439 e. The van der Waals surface area contributed by atoms with Gasteiger partial charge < -0.3 is 9.88 Å². The minimum Gasteiger partial charge on any atom is -0.365 e. The molecule has 4 aromatic rings. The number of hydrogen-bond acceptors (Lipinski definition) is 8. The molecule has 204 valence electrons. The van der Waals surface area contributed by atoms with Crippen molar-refractivity contribution in [3.8, 4) is 11.6 Å². The first kappa shape index (κ1) is 24.5. The minimum absolute atomic E-state index is 0.212. The Labute approximate surface area is 227 Å². The molecule has 1 atom stereocenters. The Balaban J connectivity index is 1.40. The van der Waals surface area contributed by atoms with E-state index in [1.807, 2.05) is 12.3 Å². The molecule has 10 nitrogen and oxygen atoms in total. The van der Waals surface area contributed by atoms with Crippen LogP contribution in [0.1, 0.15) is 83.2 Å². The molecule has 2 N–H and O–H groups in total. The minimum atomic E-state index is -0.629. The molecule has 0 aromatic carbocycles. The van der Waals surface area contributed by atoms with Crippen LogP contribution in [0, 0.1) is 17.8 Å². The third-order valence-corrected chi connectivity index (χ3v) is 9.39. The standard InChI is InChI=1S/C29H36N8O2/c1-17-9-11-19(12-10-17)16-37-22-23(31-18(2)20-6-5-7-20)32-25(26-35-28(38)39-36-26)33-24(22)34-27(37)29(13-14-29)21-8-3-4-15-30-21/h3-4,8,15,17-20H,5-7,9-14,16H2,1-2H3,(H,31,32,33)(H,35,36,38)/t17?,18-,19?/m1/s1. The van der Waals surface area contributed by atoms with E-state index in [1.54, 1.807) is 0 Å². The Bertz CT molecular complexity index is 1520. The first-order chi connectivity index (χ1) is 19.0. The summed E-state index contributed by atoms with van der Waals surface area (Å²) in [5, 5.41) is 7.61. The summed E-state index contributed by atoms with van der Waals surface area (Å²) in [7, 11) is 0. The van der Waals surface area contributed by atoms with Crippen molar-refractivity contribution in [2.24, 2.45) is 17.8 Å². The maximum atomic E-state index is 11.7. The second-order valence-corrected chi connectivity index (χ2v) is 12.1. The van der Waals surface area contributed by atoms with Crippen LogP contribution in [-0.4, -0.2) is 40.7 Å². The Kier molecular flexibility index (Phi) is 6.01. The molecule has 3 fully saturated rings. The van der Waals surface area contributed by atoms with E-state index in [1.165, 1.54) is 44.9 Å². The number of imidazole rings is 1. The SMILES string of the molecule is CC1CCC(Cn2c(C3(c4ccccn4)CC3)nc3nc(-c4noc(=O)[nH]4)nc(N[C@H](C)C4CCC4)c32)CC1. The van der Waals surface area contributed by atoms with Gasteiger partial charge in [-0.25, -0.2) is 19.7 Å². The highest BCUT2D eigenvalue weighted by molar-refractivity contribution is 5.86. The fourth-order valence-corrected chi connectivity index (χ4v) is 6.52. The van der Waals surface area contributed by atoms with Crippen LogP contribution in [0.4, 0.5) is 5.82 Å². The van der Waals surface area contributed by atoms with Gasteiger partial charge in [0, 0.05) is 18.8 Å². The summed E-state index contributed by atoms with van der Waals surface area (Å²) in [4.78, 5) is 34.1. The Morgan fingerprint density at radius 1 is 1.13 bits per heavy atom. The molecule has 10 heteroatoms. The lowest BCUT2D eigenvalue weighted by atomic mass is 9.80. The van der Waals surface area contributed by atoms with Crippen LogP contribution in [0.15, 0.2) is 33.7 Å². The molecule has 0 spiro atoms. The molecule has 0 bridgehead atoms. The van der Waals surface area contributed by atoms with Crippen molar-refractivity contribution in [2.75, 3.05) is 5.32 Å². The van der Waals surface area contributed by atoms with Crippen LogP contribution in [0.3, 0.4) is 0 Å². The summed E-state index contributed by atoms with van der Waals surface area (Å²) < 4.78 is 7.19. The van der Waals surface area contributed by atoms with Crippen LogP contribution in [0.25, 0.3) is 22.8 Å². The number of aromatic nitrogens is 7. The third-order valence-electron chi connectivity index (χ3n) is 9.39. The largest absolute Gasteiger partial charge is 0.439 e. The van der Waals surface area contributed by atoms with Crippen molar-refractivity contribution >= 4 is 17.0 Å². The normalized spacial score (nSPS) is 23.4. The maximum absolute atomic E-state index is 11.7. The van der Waals surface area contributed by atoms with E-state index in [4.69, 9.17) is 24.5 Å². The number of H-pyrrole nitrogens is 1. The molecule has 0 saturated heterocycles. The average Bonchev–Trinajstić information content (AvgIpc) is 3.46. The number of anilines is 1. The molecular formula is C29H36N8O2. The molecule has 39 heavy (non-hydrogen) atoms. The number of nitrogens with one attached hydrogen (secondary N) is 2. The molecule has 3 saturated carbocycles. The second-order valence-electron chi connectivity index (χ2n) is 12.1. The molecule has 4 aromatic heterocycles. The fourth-order valence-electron chi connectivity index (χ4n) is 6.52. The van der Waals surface area contributed by atoms with Crippen molar-refractivity contribution in [2.45, 2.75) is 89.6 Å². The summed E-state index contributed by atoms with van der Waals surface area (Å²) in [6.07, 6.45) is 12.6. The van der Waals surface area contributed by atoms with Gasteiger partial charge >= 0.3 is 5.76 Å². The van der Waals surface area contributed by atoms with Crippen molar-refractivity contribution in [1.29, 1.82) is 0 Å². The molecule has 0 radical (unpaired) electrons. The van der Waals surface area contributed by atoms with Gasteiger partial charge in [0.1, 0.15) is 11.3 Å². The van der Waals surface area contributed by atoms with Crippen LogP contribution < -0.4 is 11.1 Å². The predicted molar refractivity (Wildman–Crippen MR) is 147 cm³/mol. The Morgan fingerprint density at radius 3 is 2.59 bits per heavy atom. The van der Waals surface area contributed by atoms with E-state index in [0.717, 1.165) is 48.2 Å². The van der Waals surface area contributed by atoms with Crippen LogP contribution >= 0.6 is 0 Å². The van der Waals surface area contributed by atoms with Crippen LogP contribution in [0.5, 0.6) is 0 Å². The first-order valence-corrected chi connectivity index (χ1v) is 14.5. The van der Waals surface area contributed by atoms with Gasteiger partial charge in [0.15, 0.2) is 11.5 Å². The molecule has 3 aliphatic carbocycles. The average molecular weight is 529 g/mol. The van der Waals surface area contributed by atoms with Crippen LogP contribution in [-0.2, 0) is 12.0 Å². The second kappa shape index (κ2) is 9.57. The van der Waals surface area contributed by atoms with Gasteiger partial charge in [-0.3, -0.25) is 14.5 Å². The summed E-state index contributed by atoms with van der Waals surface area (Å²) in [6, 6.07) is 6.40. The van der Waals surface area contributed by atoms with E-state index in [2.05, 4.69) is 46.0 Å². The molecule has 0 unspecified atom stereocenters. The lowest BCUT2D eigenvalue weighted by Gasteiger charge is -2.32. The van der Waals surface area contributed by atoms with Gasteiger partial charge in [0.25, 0.3) is 0 Å². The van der Waals surface area contributed by atoms with E-state index < -0.39 is 5.76 Å². The highest BCUT2D eigenvalue weighted by atomic mass is 16.5. The van der Waals surface area contributed by atoms with Gasteiger partial charge in [-0.1, -0.05) is 37.4 Å². The number of aromatic amines is 1. The summed E-state index contributed by atoms with van der Waals surface area (Å²) in [5.74, 6) is 3.65. The summed E-state index contributed by atoms with van der Waals surface area (Å²) in [6.45, 7) is 5.49. The van der Waals surface area contributed by atoms with Gasteiger partial charge in [-0.2, -0.15) is 0 Å². The predicted octanol–water partition coefficient (Wildman–Crippen LogP) is 5.07. The number of rotatable bonds is 8. The first-order valence-electron chi connectivity index (χ1n) is 14.5.